The molecule has 8 heteroatoms. The number of alkyl halides is 3. The van der Waals surface area contributed by atoms with Crippen LogP contribution in [0.5, 0.6) is 0 Å². The molecule has 0 aliphatic carbocycles. The van der Waals surface area contributed by atoms with Gasteiger partial charge in [0.1, 0.15) is 6.04 Å². The highest BCUT2D eigenvalue weighted by Gasteiger charge is 2.35. The molecule has 2 aromatic heterocycles. The number of hydrogen-bond donors (Lipinski definition) is 1. The minimum Gasteiger partial charge on any atom is -0.326 e. The molecule has 0 radical (unpaired) electrons. The molecule has 2 rings (SSSR count). The number of nitrogens with zero attached hydrogens (tertiary/aromatic N) is 2. The van der Waals surface area contributed by atoms with E-state index in [4.69, 9.17) is 5.73 Å². The second kappa shape index (κ2) is 5.87. The molecule has 2 atom stereocenters. The van der Waals surface area contributed by atoms with E-state index >= 15 is 0 Å². The fraction of sp³-hybridized carbons (Fsp3) is 0.417. The Morgan fingerprint density at radius 3 is 2.55 bits per heavy atom. The Kier molecular flexibility index (Phi) is 4.55. The Morgan fingerprint density at radius 1 is 1.40 bits per heavy atom. The number of hydrogen-bond acceptors (Lipinski definition) is 3. The van der Waals surface area contributed by atoms with Crippen LogP contribution < -0.4 is 5.73 Å². The van der Waals surface area contributed by atoms with Gasteiger partial charge in [0, 0.05) is 17.1 Å². The Morgan fingerprint density at radius 2 is 2.10 bits per heavy atom. The Bertz CT molecular complexity index is 579. The molecule has 0 aliphatic heterocycles. The van der Waals surface area contributed by atoms with Crippen molar-refractivity contribution in [1.29, 1.82) is 0 Å². The summed E-state index contributed by atoms with van der Waals surface area (Å²) in [4.78, 5) is 0.878. The van der Waals surface area contributed by atoms with Crippen LogP contribution in [0.1, 0.15) is 30.0 Å². The van der Waals surface area contributed by atoms with E-state index < -0.39 is 17.9 Å². The zero-order chi connectivity index (χ0) is 14.9. The lowest BCUT2D eigenvalue weighted by Gasteiger charge is -2.22. The molecule has 2 aromatic rings. The summed E-state index contributed by atoms with van der Waals surface area (Å²) in [6.45, 7) is 1.90. The summed E-state index contributed by atoms with van der Waals surface area (Å²) in [5.74, 6) is 0. The average molecular weight is 368 g/mol. The van der Waals surface area contributed by atoms with Crippen molar-refractivity contribution in [1.82, 2.24) is 9.78 Å². The zero-order valence-corrected chi connectivity index (χ0v) is 13.0. The summed E-state index contributed by atoms with van der Waals surface area (Å²) in [6.07, 6.45) is -2.47. The van der Waals surface area contributed by atoms with Gasteiger partial charge in [-0.2, -0.15) is 18.3 Å². The van der Waals surface area contributed by atoms with Gasteiger partial charge in [0.15, 0.2) is 5.69 Å². The molecule has 0 saturated carbocycles. The minimum absolute atomic E-state index is 0.304. The van der Waals surface area contributed by atoms with Crippen molar-refractivity contribution in [3.63, 3.8) is 0 Å². The van der Waals surface area contributed by atoms with Crippen LogP contribution in [0.3, 0.4) is 0 Å². The van der Waals surface area contributed by atoms with Crippen LogP contribution in [0, 0.1) is 0 Å². The summed E-state index contributed by atoms with van der Waals surface area (Å²) >= 11 is 4.79. The van der Waals surface area contributed by atoms with Crippen LogP contribution in [0.2, 0.25) is 0 Å². The second-order valence-electron chi connectivity index (χ2n) is 4.34. The minimum atomic E-state index is -4.44. The van der Waals surface area contributed by atoms with Crippen molar-refractivity contribution in [3.05, 3.63) is 38.8 Å². The van der Waals surface area contributed by atoms with Gasteiger partial charge in [-0.05, 0) is 40.5 Å². The summed E-state index contributed by atoms with van der Waals surface area (Å²) in [6, 6.07) is 3.97. The predicted molar refractivity (Wildman–Crippen MR) is 75.7 cm³/mol. The lowest BCUT2D eigenvalue weighted by Crippen LogP contribution is -2.32. The molecule has 2 heterocycles. The second-order valence-corrected chi connectivity index (χ2v) is 6.83. The van der Waals surface area contributed by atoms with E-state index in [2.05, 4.69) is 21.0 Å². The van der Waals surface area contributed by atoms with Crippen LogP contribution in [0.25, 0.3) is 0 Å². The molecular weight excluding hydrogens is 355 g/mol. The first-order valence-corrected chi connectivity index (χ1v) is 7.57. The van der Waals surface area contributed by atoms with E-state index in [0.717, 1.165) is 14.7 Å². The molecule has 0 saturated heterocycles. The quantitative estimate of drug-likeness (QED) is 0.885. The Hall–Kier alpha value is -0.860. The first kappa shape index (κ1) is 15.5. The molecule has 0 aliphatic rings. The monoisotopic (exact) mass is 367 g/mol. The molecule has 2 N–H and O–H groups in total. The molecule has 0 amide bonds. The number of aromatic nitrogens is 2. The average Bonchev–Trinajstić information content (AvgIpc) is 2.98. The van der Waals surface area contributed by atoms with Gasteiger partial charge in [0.05, 0.1) is 3.79 Å². The largest absolute Gasteiger partial charge is 0.435 e. The van der Waals surface area contributed by atoms with Gasteiger partial charge >= 0.3 is 6.18 Å². The fourth-order valence-electron chi connectivity index (χ4n) is 1.89. The maximum atomic E-state index is 12.6. The number of thiophene rings is 1. The van der Waals surface area contributed by atoms with Crippen LogP contribution in [0.15, 0.2) is 28.2 Å². The third kappa shape index (κ3) is 3.24. The molecule has 3 nitrogen and oxygen atoms in total. The molecule has 0 spiro atoms. The fourth-order valence-corrected chi connectivity index (χ4v) is 3.49. The highest BCUT2D eigenvalue weighted by Crippen LogP contribution is 2.33. The Labute approximate surface area is 126 Å². The normalized spacial score (nSPS) is 15.3. The standard InChI is InChI=1S/C12H13BrF3N3S/c1-2-7(17)11(8-3-4-10(13)20-8)19-6-5-9(18-19)12(14,15)16/h3-7,11H,2,17H2,1H3. The van der Waals surface area contributed by atoms with Crippen LogP contribution in [-0.4, -0.2) is 15.8 Å². The molecule has 20 heavy (non-hydrogen) atoms. The van der Waals surface area contributed by atoms with Gasteiger partial charge in [-0.3, -0.25) is 4.68 Å². The van der Waals surface area contributed by atoms with Gasteiger partial charge in [0.25, 0.3) is 0 Å². The van der Waals surface area contributed by atoms with E-state index in [1.807, 2.05) is 19.1 Å². The van der Waals surface area contributed by atoms with E-state index in [0.29, 0.717) is 6.42 Å². The van der Waals surface area contributed by atoms with Gasteiger partial charge < -0.3 is 5.73 Å². The van der Waals surface area contributed by atoms with Crippen molar-refractivity contribution in [2.75, 3.05) is 0 Å². The Balaban J connectivity index is 2.39. The molecule has 2 unspecified atom stereocenters. The molecular formula is C12H13BrF3N3S. The summed E-state index contributed by atoms with van der Waals surface area (Å²) < 4.78 is 40.1. The SMILES string of the molecule is CCC(N)C(c1ccc(Br)s1)n1ccc(C(F)(F)F)n1. The molecule has 0 fully saturated rings. The third-order valence-corrected chi connectivity index (χ3v) is 4.64. The topological polar surface area (TPSA) is 43.8 Å². The molecule has 110 valence electrons. The third-order valence-electron chi connectivity index (χ3n) is 2.95. The first-order chi connectivity index (χ1) is 9.32. The van der Waals surface area contributed by atoms with Crippen LogP contribution in [0.4, 0.5) is 13.2 Å². The number of rotatable bonds is 4. The smallest absolute Gasteiger partial charge is 0.326 e. The molecule has 0 aromatic carbocycles. The van der Waals surface area contributed by atoms with Gasteiger partial charge in [0.2, 0.25) is 0 Å². The summed E-state index contributed by atoms with van der Waals surface area (Å²) in [5, 5.41) is 3.64. The van der Waals surface area contributed by atoms with Crippen molar-refractivity contribution >= 4 is 27.3 Å². The number of nitrogens with two attached hydrogens (primary N) is 1. The van der Waals surface area contributed by atoms with Crippen molar-refractivity contribution in [2.24, 2.45) is 5.73 Å². The summed E-state index contributed by atoms with van der Waals surface area (Å²) in [7, 11) is 0. The van der Waals surface area contributed by atoms with Crippen molar-refractivity contribution < 1.29 is 13.2 Å². The lowest BCUT2D eigenvalue weighted by molar-refractivity contribution is -0.141. The maximum Gasteiger partial charge on any atom is 0.435 e. The summed E-state index contributed by atoms with van der Waals surface area (Å²) in [5.41, 5.74) is 5.16. The first-order valence-electron chi connectivity index (χ1n) is 5.96. The van der Waals surface area contributed by atoms with Gasteiger partial charge in [-0.25, -0.2) is 0 Å². The van der Waals surface area contributed by atoms with Crippen molar-refractivity contribution in [2.45, 2.75) is 31.6 Å². The van der Waals surface area contributed by atoms with E-state index in [1.54, 1.807) is 0 Å². The van der Waals surface area contributed by atoms with Gasteiger partial charge in [-0.15, -0.1) is 11.3 Å². The van der Waals surface area contributed by atoms with E-state index in [-0.39, 0.29) is 6.04 Å². The molecule has 0 bridgehead atoms. The van der Waals surface area contributed by atoms with Gasteiger partial charge in [-0.1, -0.05) is 6.92 Å². The van der Waals surface area contributed by atoms with E-state index in [1.165, 1.54) is 22.2 Å². The predicted octanol–water partition coefficient (Wildman–Crippen LogP) is 4.05. The van der Waals surface area contributed by atoms with Crippen molar-refractivity contribution in [3.8, 4) is 0 Å². The highest BCUT2D eigenvalue weighted by molar-refractivity contribution is 9.11. The van der Waals surface area contributed by atoms with Crippen LogP contribution >= 0.6 is 27.3 Å². The highest BCUT2D eigenvalue weighted by atomic mass is 79.9. The van der Waals surface area contributed by atoms with Crippen LogP contribution in [-0.2, 0) is 6.18 Å². The number of halogens is 4. The zero-order valence-electron chi connectivity index (χ0n) is 10.6. The maximum absolute atomic E-state index is 12.6. The van der Waals surface area contributed by atoms with E-state index in [9.17, 15) is 13.2 Å². The lowest BCUT2D eigenvalue weighted by atomic mass is 10.1.